The Morgan fingerprint density at radius 3 is 2.92 bits per heavy atom. The number of rotatable bonds is 6. The van der Waals surface area contributed by atoms with Gasteiger partial charge in [-0.1, -0.05) is 12.1 Å². The maximum absolute atomic E-state index is 12.2. The summed E-state index contributed by atoms with van der Waals surface area (Å²) in [5.74, 6) is 1.36. The van der Waals surface area contributed by atoms with E-state index in [0.29, 0.717) is 25.4 Å². The van der Waals surface area contributed by atoms with Crippen molar-refractivity contribution < 1.29 is 19.0 Å². The predicted molar refractivity (Wildman–Crippen MR) is 90.3 cm³/mol. The van der Waals surface area contributed by atoms with Gasteiger partial charge in [-0.25, -0.2) is 0 Å². The average Bonchev–Trinajstić information content (AvgIpc) is 3.14. The first kappa shape index (κ1) is 17.0. The van der Waals surface area contributed by atoms with Crippen LogP contribution in [0.1, 0.15) is 31.2 Å². The Bertz CT molecular complexity index is 552. The summed E-state index contributed by atoms with van der Waals surface area (Å²) in [7, 11) is 1.64. The van der Waals surface area contributed by atoms with Crippen molar-refractivity contribution >= 4 is 5.91 Å². The lowest BCUT2D eigenvalue weighted by atomic mass is 10.1. The minimum atomic E-state index is -0.427. The highest BCUT2D eigenvalue weighted by molar-refractivity contribution is 5.81. The molecule has 1 aromatic carbocycles. The van der Waals surface area contributed by atoms with Crippen molar-refractivity contribution in [2.24, 2.45) is 0 Å². The van der Waals surface area contributed by atoms with E-state index in [-0.39, 0.29) is 12.0 Å². The third-order valence-electron chi connectivity index (χ3n) is 4.54. The summed E-state index contributed by atoms with van der Waals surface area (Å²) in [5, 5.41) is 6.11. The third kappa shape index (κ3) is 4.19. The molecular formula is C18H26N2O4. The molecule has 1 aliphatic carbocycles. The van der Waals surface area contributed by atoms with Crippen LogP contribution in [-0.4, -0.2) is 44.9 Å². The normalized spacial score (nSPS) is 21.5. The SMILES string of the molecule is COc1cccc(CNC(=O)C2CNCCO2)c1OC1CCCC1. The zero-order valence-electron chi connectivity index (χ0n) is 14.2. The van der Waals surface area contributed by atoms with E-state index in [9.17, 15) is 4.79 Å². The maximum Gasteiger partial charge on any atom is 0.250 e. The number of nitrogens with one attached hydrogen (secondary N) is 2. The number of ether oxygens (including phenoxy) is 3. The zero-order chi connectivity index (χ0) is 16.8. The lowest BCUT2D eigenvalue weighted by Crippen LogP contribution is -2.47. The van der Waals surface area contributed by atoms with Crippen molar-refractivity contribution in [3.63, 3.8) is 0 Å². The number of methoxy groups -OCH3 is 1. The van der Waals surface area contributed by atoms with Crippen LogP contribution in [0, 0.1) is 0 Å². The molecule has 1 amide bonds. The summed E-state index contributed by atoms with van der Waals surface area (Å²) >= 11 is 0. The molecular weight excluding hydrogens is 308 g/mol. The van der Waals surface area contributed by atoms with E-state index >= 15 is 0 Å². The second kappa shape index (κ2) is 8.35. The fourth-order valence-electron chi connectivity index (χ4n) is 3.20. The number of carbonyl (C=O) groups is 1. The lowest BCUT2D eigenvalue weighted by molar-refractivity contribution is -0.134. The molecule has 0 aromatic heterocycles. The number of carbonyl (C=O) groups excluding carboxylic acids is 1. The molecule has 2 N–H and O–H groups in total. The number of hydrogen-bond acceptors (Lipinski definition) is 5. The van der Waals surface area contributed by atoms with Crippen LogP contribution in [0.25, 0.3) is 0 Å². The molecule has 1 aliphatic heterocycles. The topological polar surface area (TPSA) is 68.8 Å². The van der Waals surface area contributed by atoms with Gasteiger partial charge in [0.05, 0.1) is 19.8 Å². The average molecular weight is 334 g/mol. The molecule has 1 atom stereocenters. The van der Waals surface area contributed by atoms with Gasteiger partial charge in [0.15, 0.2) is 11.5 Å². The van der Waals surface area contributed by atoms with Gasteiger partial charge in [-0.05, 0) is 31.7 Å². The zero-order valence-corrected chi connectivity index (χ0v) is 14.2. The van der Waals surface area contributed by atoms with E-state index in [2.05, 4.69) is 10.6 Å². The van der Waals surface area contributed by atoms with E-state index in [0.717, 1.165) is 30.7 Å². The van der Waals surface area contributed by atoms with E-state index in [4.69, 9.17) is 14.2 Å². The van der Waals surface area contributed by atoms with Gasteiger partial charge in [-0.15, -0.1) is 0 Å². The van der Waals surface area contributed by atoms with Crippen molar-refractivity contribution in [3.05, 3.63) is 23.8 Å². The van der Waals surface area contributed by atoms with Crippen molar-refractivity contribution in [2.45, 2.75) is 44.4 Å². The van der Waals surface area contributed by atoms with Crippen molar-refractivity contribution in [1.82, 2.24) is 10.6 Å². The number of morpholine rings is 1. The minimum absolute atomic E-state index is 0.100. The molecule has 1 aromatic rings. The fourth-order valence-corrected chi connectivity index (χ4v) is 3.20. The van der Waals surface area contributed by atoms with Crippen molar-refractivity contribution in [1.29, 1.82) is 0 Å². The molecule has 1 unspecified atom stereocenters. The monoisotopic (exact) mass is 334 g/mol. The number of amides is 1. The van der Waals surface area contributed by atoms with Gasteiger partial charge in [0.1, 0.15) is 6.10 Å². The number of benzene rings is 1. The van der Waals surface area contributed by atoms with Crippen LogP contribution >= 0.6 is 0 Å². The second-order valence-corrected chi connectivity index (χ2v) is 6.25. The van der Waals surface area contributed by atoms with Crippen LogP contribution in [0.4, 0.5) is 0 Å². The molecule has 6 heteroatoms. The summed E-state index contributed by atoms with van der Waals surface area (Å²) < 4.78 is 17.1. The quantitative estimate of drug-likeness (QED) is 0.827. The molecule has 1 saturated heterocycles. The Balaban J connectivity index is 1.66. The number of hydrogen-bond donors (Lipinski definition) is 2. The molecule has 1 heterocycles. The van der Waals surface area contributed by atoms with Gasteiger partial charge >= 0.3 is 0 Å². The molecule has 132 valence electrons. The first-order chi connectivity index (χ1) is 11.8. The van der Waals surface area contributed by atoms with Crippen LogP contribution in [0.3, 0.4) is 0 Å². The second-order valence-electron chi connectivity index (χ2n) is 6.25. The van der Waals surface area contributed by atoms with Crippen LogP contribution in [0.5, 0.6) is 11.5 Å². The fraction of sp³-hybridized carbons (Fsp3) is 0.611. The van der Waals surface area contributed by atoms with Crippen molar-refractivity contribution in [2.75, 3.05) is 26.8 Å². The Morgan fingerprint density at radius 1 is 1.38 bits per heavy atom. The summed E-state index contributed by atoms with van der Waals surface area (Å²) in [5.41, 5.74) is 0.929. The summed E-state index contributed by atoms with van der Waals surface area (Å²) in [6.07, 6.45) is 4.37. The highest BCUT2D eigenvalue weighted by atomic mass is 16.5. The van der Waals surface area contributed by atoms with Crippen LogP contribution in [-0.2, 0) is 16.1 Å². The maximum atomic E-state index is 12.2. The molecule has 2 aliphatic rings. The van der Waals surface area contributed by atoms with Crippen LogP contribution in [0.2, 0.25) is 0 Å². The Hall–Kier alpha value is -1.79. The summed E-state index contributed by atoms with van der Waals surface area (Å²) in [4.78, 5) is 12.2. The van der Waals surface area contributed by atoms with Crippen LogP contribution in [0.15, 0.2) is 18.2 Å². The molecule has 0 spiro atoms. The minimum Gasteiger partial charge on any atom is -0.493 e. The molecule has 2 fully saturated rings. The molecule has 3 rings (SSSR count). The largest absolute Gasteiger partial charge is 0.493 e. The Morgan fingerprint density at radius 2 is 2.21 bits per heavy atom. The first-order valence-corrected chi connectivity index (χ1v) is 8.70. The van der Waals surface area contributed by atoms with E-state index in [1.165, 1.54) is 12.8 Å². The van der Waals surface area contributed by atoms with Gasteiger partial charge < -0.3 is 24.8 Å². The molecule has 0 radical (unpaired) electrons. The highest BCUT2D eigenvalue weighted by Gasteiger charge is 2.23. The third-order valence-corrected chi connectivity index (χ3v) is 4.54. The smallest absolute Gasteiger partial charge is 0.250 e. The predicted octanol–water partition coefficient (Wildman–Crippen LogP) is 1.62. The van der Waals surface area contributed by atoms with Crippen LogP contribution < -0.4 is 20.1 Å². The Kier molecular flexibility index (Phi) is 5.93. The van der Waals surface area contributed by atoms with Gasteiger partial charge in [0, 0.05) is 25.2 Å². The van der Waals surface area contributed by atoms with E-state index in [1.807, 2.05) is 18.2 Å². The van der Waals surface area contributed by atoms with Gasteiger partial charge in [0.2, 0.25) is 0 Å². The standard InChI is InChI=1S/C18H26N2O4/c1-22-15-8-4-5-13(17(15)24-14-6-2-3-7-14)11-20-18(21)16-12-19-9-10-23-16/h4-5,8,14,16,19H,2-3,6-7,9-12H2,1H3,(H,20,21). The molecule has 1 saturated carbocycles. The summed E-state index contributed by atoms with van der Waals surface area (Å²) in [6, 6.07) is 5.78. The molecule has 6 nitrogen and oxygen atoms in total. The molecule has 24 heavy (non-hydrogen) atoms. The van der Waals surface area contributed by atoms with Gasteiger partial charge in [0.25, 0.3) is 5.91 Å². The van der Waals surface area contributed by atoms with E-state index < -0.39 is 6.10 Å². The first-order valence-electron chi connectivity index (χ1n) is 8.70. The van der Waals surface area contributed by atoms with Gasteiger partial charge in [-0.3, -0.25) is 4.79 Å². The number of para-hydroxylation sites is 1. The van der Waals surface area contributed by atoms with E-state index in [1.54, 1.807) is 7.11 Å². The Labute approximate surface area is 142 Å². The highest BCUT2D eigenvalue weighted by Crippen LogP contribution is 2.34. The van der Waals surface area contributed by atoms with Gasteiger partial charge in [-0.2, -0.15) is 0 Å². The lowest BCUT2D eigenvalue weighted by Gasteiger charge is -2.23. The molecule has 0 bridgehead atoms. The van der Waals surface area contributed by atoms with Crippen molar-refractivity contribution in [3.8, 4) is 11.5 Å². The summed E-state index contributed by atoms with van der Waals surface area (Å²) in [6.45, 7) is 2.31.